The molecule has 0 aliphatic rings. The van der Waals surface area contributed by atoms with E-state index in [1.807, 2.05) is 29.0 Å². The molecular formula is C11H6OS2. The number of carbonyl (C=O) groups is 1. The molecule has 0 bridgehead atoms. The number of rotatable bonds is 1. The minimum absolute atomic E-state index is 0.703. The first-order chi connectivity index (χ1) is 6.90. The molecule has 0 saturated carbocycles. The first-order valence-corrected chi connectivity index (χ1v) is 5.74. The average molecular weight is 218 g/mol. The second-order valence-electron chi connectivity index (χ2n) is 2.54. The van der Waals surface area contributed by atoms with Crippen molar-refractivity contribution in [2.75, 3.05) is 0 Å². The van der Waals surface area contributed by atoms with Crippen molar-refractivity contribution in [1.29, 1.82) is 0 Å². The van der Waals surface area contributed by atoms with Crippen molar-refractivity contribution in [2.24, 2.45) is 0 Å². The molecule has 68 valence electrons. The minimum Gasteiger partial charge on any atom is -0.297 e. The molecule has 0 radical (unpaired) electrons. The molecule has 0 atom stereocenters. The Kier molecular flexibility index (Phi) is 2.78. The summed E-state index contributed by atoms with van der Waals surface area (Å²) in [7, 11) is 0. The summed E-state index contributed by atoms with van der Waals surface area (Å²) >= 11 is 3.02. The fraction of sp³-hybridized carbons (Fsp3) is 0. The molecule has 2 aromatic heterocycles. The summed E-state index contributed by atoms with van der Waals surface area (Å²) in [6.07, 6.45) is 0.850. The van der Waals surface area contributed by atoms with E-state index in [0.29, 0.717) is 4.88 Å². The van der Waals surface area contributed by atoms with Crippen LogP contribution in [0.2, 0.25) is 0 Å². The second kappa shape index (κ2) is 4.23. The van der Waals surface area contributed by atoms with Gasteiger partial charge in [0.25, 0.3) is 0 Å². The molecule has 2 rings (SSSR count). The summed E-state index contributed by atoms with van der Waals surface area (Å²) in [6.45, 7) is 0. The molecule has 0 unspecified atom stereocenters. The Morgan fingerprint density at radius 1 is 1.14 bits per heavy atom. The van der Waals surface area contributed by atoms with E-state index < -0.39 is 0 Å². The Balaban J connectivity index is 2.30. The first kappa shape index (κ1) is 9.20. The van der Waals surface area contributed by atoms with Gasteiger partial charge in [-0.2, -0.15) is 0 Å². The van der Waals surface area contributed by atoms with E-state index >= 15 is 0 Å². The van der Waals surface area contributed by atoms with Gasteiger partial charge in [-0.3, -0.25) is 4.79 Å². The Labute approximate surface area is 90.0 Å². The maximum absolute atomic E-state index is 10.6. The molecule has 0 fully saturated rings. The Hall–Kier alpha value is -1.37. The highest BCUT2D eigenvalue weighted by Crippen LogP contribution is 2.13. The lowest BCUT2D eigenvalue weighted by Crippen LogP contribution is -1.76. The van der Waals surface area contributed by atoms with Gasteiger partial charge in [-0.1, -0.05) is 17.9 Å². The molecule has 0 saturated heterocycles. The lowest BCUT2D eigenvalue weighted by atomic mass is 10.2. The van der Waals surface area contributed by atoms with Crippen LogP contribution in [-0.2, 0) is 0 Å². The number of thiophene rings is 2. The Morgan fingerprint density at radius 3 is 2.79 bits per heavy atom. The van der Waals surface area contributed by atoms with Gasteiger partial charge < -0.3 is 0 Å². The van der Waals surface area contributed by atoms with Gasteiger partial charge in [0.2, 0.25) is 0 Å². The van der Waals surface area contributed by atoms with E-state index in [4.69, 9.17) is 0 Å². The van der Waals surface area contributed by atoms with Gasteiger partial charge in [-0.05, 0) is 22.9 Å². The van der Waals surface area contributed by atoms with E-state index in [9.17, 15) is 4.79 Å². The molecule has 0 aromatic carbocycles. The van der Waals surface area contributed by atoms with E-state index in [1.165, 1.54) is 11.3 Å². The van der Waals surface area contributed by atoms with Crippen LogP contribution in [0.4, 0.5) is 0 Å². The van der Waals surface area contributed by atoms with Gasteiger partial charge in [-0.15, -0.1) is 22.7 Å². The molecule has 2 aromatic rings. The lowest BCUT2D eigenvalue weighted by molar-refractivity contribution is 0.112. The Bertz CT molecular complexity index is 483. The summed E-state index contributed by atoms with van der Waals surface area (Å²) in [4.78, 5) is 12.3. The maximum atomic E-state index is 10.6. The van der Waals surface area contributed by atoms with Crippen molar-refractivity contribution in [1.82, 2.24) is 0 Å². The van der Waals surface area contributed by atoms with E-state index in [0.717, 1.165) is 16.7 Å². The van der Waals surface area contributed by atoms with Gasteiger partial charge in [0, 0.05) is 5.56 Å². The van der Waals surface area contributed by atoms with E-state index in [2.05, 4.69) is 11.8 Å². The van der Waals surface area contributed by atoms with E-state index in [-0.39, 0.29) is 0 Å². The van der Waals surface area contributed by atoms with Gasteiger partial charge in [-0.25, -0.2) is 0 Å². The Morgan fingerprint density at radius 2 is 2.07 bits per heavy atom. The van der Waals surface area contributed by atoms with Gasteiger partial charge in [0.1, 0.15) is 0 Å². The summed E-state index contributed by atoms with van der Waals surface area (Å²) in [5.74, 6) is 6.00. The number of aldehydes is 1. The molecule has 0 aliphatic heterocycles. The first-order valence-electron chi connectivity index (χ1n) is 3.98. The van der Waals surface area contributed by atoms with Crippen LogP contribution in [-0.4, -0.2) is 6.29 Å². The zero-order valence-electron chi connectivity index (χ0n) is 7.19. The van der Waals surface area contributed by atoms with E-state index in [1.54, 1.807) is 11.3 Å². The largest absolute Gasteiger partial charge is 0.297 e. The second-order valence-corrected chi connectivity index (χ2v) is 4.44. The van der Waals surface area contributed by atoms with Crippen LogP contribution in [0.15, 0.2) is 29.0 Å². The summed E-state index contributed by atoms with van der Waals surface area (Å²) in [5.41, 5.74) is 0.818. The number of hydrogen-bond acceptors (Lipinski definition) is 3. The SMILES string of the molecule is O=Cc1sccc1C#Cc1cccs1. The fourth-order valence-electron chi connectivity index (χ4n) is 0.994. The molecule has 1 nitrogen and oxygen atoms in total. The predicted molar refractivity (Wildman–Crippen MR) is 60.0 cm³/mol. The summed E-state index contributed by atoms with van der Waals surface area (Å²) < 4.78 is 0. The van der Waals surface area contributed by atoms with Crippen LogP contribution in [0.5, 0.6) is 0 Å². The average Bonchev–Trinajstić information content (AvgIpc) is 2.85. The normalized spacial score (nSPS) is 9.14. The van der Waals surface area contributed by atoms with Crippen LogP contribution in [0.3, 0.4) is 0 Å². The van der Waals surface area contributed by atoms with Crippen molar-refractivity contribution in [3.05, 3.63) is 44.3 Å². The molecular weight excluding hydrogens is 212 g/mol. The third-order valence-corrected chi connectivity index (χ3v) is 3.27. The lowest BCUT2D eigenvalue weighted by Gasteiger charge is -1.82. The standard InChI is InChI=1S/C11H6OS2/c12-8-11-9(5-7-14-11)3-4-10-2-1-6-13-10/h1-2,5-8H. The highest BCUT2D eigenvalue weighted by molar-refractivity contribution is 7.12. The van der Waals surface area contributed by atoms with Crippen LogP contribution in [0.25, 0.3) is 0 Å². The summed E-state index contributed by atoms with van der Waals surface area (Å²) in [5, 5.41) is 3.86. The van der Waals surface area contributed by atoms with Crippen LogP contribution >= 0.6 is 22.7 Å². The van der Waals surface area contributed by atoms with Crippen LogP contribution in [0.1, 0.15) is 20.1 Å². The number of hydrogen-bond donors (Lipinski definition) is 0. The quantitative estimate of drug-likeness (QED) is 0.531. The summed E-state index contributed by atoms with van der Waals surface area (Å²) in [6, 6.07) is 5.79. The van der Waals surface area contributed by atoms with Crippen LogP contribution in [0, 0.1) is 11.8 Å². The maximum Gasteiger partial charge on any atom is 0.161 e. The molecule has 3 heteroatoms. The zero-order valence-corrected chi connectivity index (χ0v) is 8.82. The van der Waals surface area contributed by atoms with Gasteiger partial charge >= 0.3 is 0 Å². The molecule has 2 heterocycles. The molecule has 0 amide bonds. The topological polar surface area (TPSA) is 17.1 Å². The number of carbonyl (C=O) groups excluding carboxylic acids is 1. The highest BCUT2D eigenvalue weighted by Gasteiger charge is 1.98. The van der Waals surface area contributed by atoms with Gasteiger partial charge in [0.15, 0.2) is 6.29 Å². The third kappa shape index (κ3) is 1.92. The third-order valence-electron chi connectivity index (χ3n) is 1.64. The molecule has 0 spiro atoms. The monoisotopic (exact) mass is 218 g/mol. The zero-order chi connectivity index (χ0) is 9.80. The van der Waals surface area contributed by atoms with Crippen molar-refractivity contribution in [3.63, 3.8) is 0 Å². The van der Waals surface area contributed by atoms with Crippen molar-refractivity contribution < 1.29 is 4.79 Å². The minimum atomic E-state index is 0.703. The molecule has 0 N–H and O–H groups in total. The van der Waals surface area contributed by atoms with Crippen molar-refractivity contribution in [2.45, 2.75) is 0 Å². The predicted octanol–water partition coefficient (Wildman–Crippen LogP) is 3.02. The molecule has 14 heavy (non-hydrogen) atoms. The van der Waals surface area contributed by atoms with Crippen LogP contribution < -0.4 is 0 Å². The smallest absolute Gasteiger partial charge is 0.161 e. The molecule has 0 aliphatic carbocycles. The van der Waals surface area contributed by atoms with Gasteiger partial charge in [0.05, 0.1) is 9.75 Å². The van der Waals surface area contributed by atoms with Crippen molar-refractivity contribution in [3.8, 4) is 11.8 Å². The highest BCUT2D eigenvalue weighted by atomic mass is 32.1. The van der Waals surface area contributed by atoms with Crippen molar-refractivity contribution >= 4 is 29.0 Å². The fourth-order valence-corrected chi connectivity index (χ4v) is 2.22.